The molecule has 2 heterocycles. The standard InChI is InChI=1S/C47H69N9O7/c1-33(2)42(51-46(60)49-19-21-54-23-27-62-28-24-54)44(58)40(41(48)38-13-9-6-10-14-38)39(57)32-56(31-35-15-17-37(18-16-35)36-11-7-5-8-12-36)53-45(59)43(34(3)4)52-47(61)50-20-22-55-25-29-63-30-26-55/h5-18,33-34,39-43,57H,19-32,48H2,1-4H3,(H,53,59)(H2,49,51,60)(H2,50,52,61)/t39?,40?,41?,42-,43-/m0/s1. The highest BCUT2D eigenvalue weighted by Crippen LogP contribution is 2.28. The normalized spacial score (nSPS) is 17.3. The second-order valence-electron chi connectivity index (χ2n) is 17.0. The van der Waals surface area contributed by atoms with E-state index in [4.69, 9.17) is 15.2 Å². The quantitative estimate of drug-likeness (QED) is 0.0733. The Morgan fingerprint density at radius 1 is 0.683 bits per heavy atom. The number of ether oxygens (including phenoxy) is 2. The van der Waals surface area contributed by atoms with Crippen molar-refractivity contribution in [2.75, 3.05) is 85.3 Å². The van der Waals surface area contributed by atoms with Crippen molar-refractivity contribution in [1.82, 2.24) is 41.5 Å². The molecule has 3 unspecified atom stereocenters. The first-order valence-corrected chi connectivity index (χ1v) is 22.3. The van der Waals surface area contributed by atoms with Crippen LogP contribution in [0.4, 0.5) is 9.59 Å². The van der Waals surface area contributed by atoms with Gasteiger partial charge in [-0.2, -0.15) is 0 Å². The van der Waals surface area contributed by atoms with Gasteiger partial charge in [-0.15, -0.1) is 0 Å². The van der Waals surface area contributed by atoms with Crippen LogP contribution in [-0.2, 0) is 25.6 Å². The Bertz CT molecular complexity index is 1840. The van der Waals surface area contributed by atoms with E-state index in [0.717, 1.165) is 42.9 Å². The predicted molar refractivity (Wildman–Crippen MR) is 243 cm³/mol. The molecule has 5 amide bonds. The molecule has 2 aliphatic heterocycles. The Balaban J connectivity index is 1.35. The van der Waals surface area contributed by atoms with Gasteiger partial charge in [0, 0.05) is 71.5 Å². The fraction of sp³-hybridized carbons (Fsp3) is 0.532. The average Bonchev–Trinajstić information content (AvgIpc) is 3.28. The summed E-state index contributed by atoms with van der Waals surface area (Å²) in [5.41, 5.74) is 13.4. The van der Waals surface area contributed by atoms with E-state index < -0.39 is 53.9 Å². The van der Waals surface area contributed by atoms with E-state index in [9.17, 15) is 24.3 Å². The molecule has 0 bridgehead atoms. The van der Waals surface area contributed by atoms with Crippen molar-refractivity contribution in [3.8, 4) is 11.1 Å². The second-order valence-corrected chi connectivity index (χ2v) is 17.0. The Labute approximate surface area is 372 Å². The smallest absolute Gasteiger partial charge is 0.315 e. The number of nitrogens with zero attached hydrogens (tertiary/aromatic N) is 3. The van der Waals surface area contributed by atoms with E-state index in [1.807, 2.05) is 100 Å². The molecule has 16 heteroatoms. The van der Waals surface area contributed by atoms with Gasteiger partial charge in [0.15, 0.2) is 5.78 Å². The number of rotatable bonds is 22. The molecule has 16 nitrogen and oxygen atoms in total. The molecule has 0 aliphatic carbocycles. The summed E-state index contributed by atoms with van der Waals surface area (Å²) in [7, 11) is 0. The van der Waals surface area contributed by atoms with E-state index in [0.29, 0.717) is 58.2 Å². The van der Waals surface area contributed by atoms with Crippen LogP contribution in [0.5, 0.6) is 0 Å². The van der Waals surface area contributed by atoms with Crippen LogP contribution >= 0.6 is 0 Å². The maximum Gasteiger partial charge on any atom is 0.315 e. The molecule has 63 heavy (non-hydrogen) atoms. The van der Waals surface area contributed by atoms with Crippen molar-refractivity contribution >= 4 is 23.8 Å². The van der Waals surface area contributed by atoms with Gasteiger partial charge in [0.2, 0.25) is 0 Å². The largest absolute Gasteiger partial charge is 0.391 e. The van der Waals surface area contributed by atoms with Crippen LogP contribution in [-0.4, -0.2) is 147 Å². The van der Waals surface area contributed by atoms with E-state index in [1.165, 1.54) is 0 Å². The first kappa shape index (κ1) is 49.1. The molecule has 0 radical (unpaired) electrons. The minimum Gasteiger partial charge on any atom is -0.391 e. The number of nitrogens with one attached hydrogen (secondary N) is 5. The average molecular weight is 872 g/mol. The summed E-state index contributed by atoms with van der Waals surface area (Å²) in [6.45, 7) is 15.1. The highest BCUT2D eigenvalue weighted by Gasteiger charge is 2.40. The highest BCUT2D eigenvalue weighted by molar-refractivity contribution is 5.91. The monoisotopic (exact) mass is 872 g/mol. The number of Topliss-reactive ketones (excluding diaryl/α,β-unsaturated/α-hetero) is 1. The lowest BCUT2D eigenvalue weighted by Crippen LogP contribution is -2.59. The summed E-state index contributed by atoms with van der Waals surface area (Å²) in [6, 6.07) is 23.0. The van der Waals surface area contributed by atoms with Gasteiger partial charge in [0.25, 0.3) is 5.91 Å². The van der Waals surface area contributed by atoms with E-state index in [-0.39, 0.29) is 24.9 Å². The zero-order valence-corrected chi connectivity index (χ0v) is 37.3. The number of nitrogens with two attached hydrogens (primary N) is 1. The summed E-state index contributed by atoms with van der Waals surface area (Å²) < 4.78 is 10.8. The van der Waals surface area contributed by atoms with Gasteiger partial charge < -0.3 is 41.6 Å². The van der Waals surface area contributed by atoms with Crippen LogP contribution < -0.4 is 32.4 Å². The third-order valence-electron chi connectivity index (χ3n) is 11.6. The summed E-state index contributed by atoms with van der Waals surface area (Å²) in [5.74, 6) is -2.79. The van der Waals surface area contributed by atoms with Crippen LogP contribution in [0.3, 0.4) is 0 Å². The Morgan fingerprint density at radius 2 is 1.16 bits per heavy atom. The van der Waals surface area contributed by atoms with Crippen molar-refractivity contribution in [3.63, 3.8) is 0 Å². The van der Waals surface area contributed by atoms with E-state index in [1.54, 1.807) is 17.1 Å². The van der Waals surface area contributed by atoms with Crippen molar-refractivity contribution in [2.24, 2.45) is 23.5 Å². The molecular weight excluding hydrogens is 803 g/mol. The van der Waals surface area contributed by atoms with Gasteiger partial charge in [-0.05, 0) is 34.1 Å². The lowest BCUT2D eigenvalue weighted by atomic mass is 9.80. The number of aliphatic hydroxyl groups is 1. The number of benzene rings is 3. The van der Waals surface area contributed by atoms with Gasteiger partial charge in [0.1, 0.15) is 6.04 Å². The number of aliphatic hydroxyl groups excluding tert-OH is 1. The third kappa shape index (κ3) is 15.7. The Hall–Kier alpha value is -4.94. The number of urea groups is 2. The SMILES string of the molecule is CC(C)[C@H](NC(=O)NCCN1CCOCC1)C(=O)NN(Cc1ccc(-c2ccccc2)cc1)CC(O)C(C(=O)[C@@H](NC(=O)NCCN1CCOCC1)C(C)C)C(N)c1ccccc1. The fourth-order valence-electron chi connectivity index (χ4n) is 7.85. The molecular formula is C47H69N9O7. The zero-order valence-electron chi connectivity index (χ0n) is 37.3. The van der Waals surface area contributed by atoms with Gasteiger partial charge in [-0.3, -0.25) is 24.8 Å². The molecule has 3 aromatic rings. The van der Waals surface area contributed by atoms with Crippen LogP contribution in [0.1, 0.15) is 44.9 Å². The summed E-state index contributed by atoms with van der Waals surface area (Å²) >= 11 is 0. The van der Waals surface area contributed by atoms with Crippen molar-refractivity contribution in [3.05, 3.63) is 96.1 Å². The highest BCUT2D eigenvalue weighted by atomic mass is 16.5. The second kappa shape index (κ2) is 25.4. The van der Waals surface area contributed by atoms with Crippen LogP contribution in [0.2, 0.25) is 0 Å². The third-order valence-corrected chi connectivity index (χ3v) is 11.6. The number of amides is 5. The topological polar surface area (TPSA) is 203 Å². The molecule has 8 N–H and O–H groups in total. The minimum atomic E-state index is -1.42. The van der Waals surface area contributed by atoms with Crippen molar-refractivity contribution in [1.29, 1.82) is 0 Å². The fourth-order valence-corrected chi connectivity index (χ4v) is 7.85. The summed E-state index contributed by atoms with van der Waals surface area (Å²) in [5, 5.41) is 25.3. The van der Waals surface area contributed by atoms with Gasteiger partial charge in [-0.1, -0.05) is 113 Å². The lowest BCUT2D eigenvalue weighted by molar-refractivity contribution is -0.133. The molecule has 344 valence electrons. The molecule has 2 saturated heterocycles. The van der Waals surface area contributed by atoms with E-state index >= 15 is 0 Å². The zero-order chi connectivity index (χ0) is 45.1. The minimum absolute atomic E-state index is 0.146. The number of ketones is 1. The molecule has 2 aliphatic rings. The number of carbonyl (C=O) groups is 4. The van der Waals surface area contributed by atoms with Crippen LogP contribution in [0.15, 0.2) is 84.9 Å². The van der Waals surface area contributed by atoms with Crippen molar-refractivity contribution in [2.45, 2.75) is 58.5 Å². The summed E-state index contributed by atoms with van der Waals surface area (Å²) in [4.78, 5) is 59.7. The molecule has 5 rings (SSSR count). The summed E-state index contributed by atoms with van der Waals surface area (Å²) in [6.07, 6.45) is -1.42. The van der Waals surface area contributed by atoms with Crippen molar-refractivity contribution < 1.29 is 33.8 Å². The number of hydrazine groups is 1. The van der Waals surface area contributed by atoms with Gasteiger partial charge in [-0.25, -0.2) is 14.6 Å². The van der Waals surface area contributed by atoms with E-state index in [2.05, 4.69) is 36.5 Å². The Morgan fingerprint density at radius 3 is 1.67 bits per heavy atom. The maximum absolute atomic E-state index is 14.8. The van der Waals surface area contributed by atoms with Crippen LogP contribution in [0, 0.1) is 17.8 Å². The Kier molecular flexibility index (Phi) is 19.8. The molecule has 5 atom stereocenters. The maximum atomic E-state index is 14.8. The predicted octanol–water partition coefficient (Wildman–Crippen LogP) is 2.75. The number of hydrogen-bond donors (Lipinski definition) is 7. The van der Waals surface area contributed by atoms with Gasteiger partial charge in [0.05, 0.1) is 44.5 Å². The molecule has 0 spiro atoms. The molecule has 3 aromatic carbocycles. The van der Waals surface area contributed by atoms with Gasteiger partial charge >= 0.3 is 12.1 Å². The first-order valence-electron chi connectivity index (χ1n) is 22.3. The number of morpholine rings is 2. The number of hydrogen-bond acceptors (Lipinski definition) is 11. The molecule has 0 saturated carbocycles. The molecule has 0 aromatic heterocycles. The lowest BCUT2D eigenvalue weighted by Gasteiger charge is -2.35. The number of carbonyl (C=O) groups excluding carboxylic acids is 4. The molecule has 2 fully saturated rings. The van der Waals surface area contributed by atoms with Crippen LogP contribution in [0.25, 0.3) is 11.1 Å². The first-order chi connectivity index (χ1) is 30.4.